The Balaban J connectivity index is 2.05. The molecule has 1 aliphatic carbocycles. The van der Waals surface area contributed by atoms with Crippen molar-refractivity contribution in [2.24, 2.45) is 5.92 Å². The van der Waals surface area contributed by atoms with Crippen LogP contribution in [-0.2, 0) is 0 Å². The molecule has 0 radical (unpaired) electrons. The summed E-state index contributed by atoms with van der Waals surface area (Å²) < 4.78 is 5.90. The zero-order chi connectivity index (χ0) is 11.5. The lowest BCUT2D eigenvalue weighted by Crippen LogP contribution is -2.24. The molecule has 2 unspecified atom stereocenters. The molecular formula is C12H17ClN2O. The summed E-state index contributed by atoms with van der Waals surface area (Å²) >= 11 is 5.76. The van der Waals surface area contributed by atoms with Crippen molar-refractivity contribution in [2.75, 3.05) is 0 Å². The predicted molar refractivity (Wildman–Crippen MR) is 63.8 cm³/mol. The van der Waals surface area contributed by atoms with Crippen molar-refractivity contribution in [3.8, 4) is 5.88 Å². The Morgan fingerprint density at radius 1 is 1.44 bits per heavy atom. The second kappa shape index (κ2) is 5.00. The van der Waals surface area contributed by atoms with Gasteiger partial charge in [0.25, 0.3) is 0 Å². The van der Waals surface area contributed by atoms with Crippen molar-refractivity contribution in [1.82, 2.24) is 9.97 Å². The molecule has 0 saturated heterocycles. The summed E-state index contributed by atoms with van der Waals surface area (Å²) in [6.45, 7) is 4.22. The molecule has 0 amide bonds. The van der Waals surface area contributed by atoms with Gasteiger partial charge in [-0.25, -0.2) is 4.98 Å². The molecule has 1 aliphatic rings. The van der Waals surface area contributed by atoms with E-state index in [2.05, 4.69) is 16.9 Å². The van der Waals surface area contributed by atoms with Gasteiger partial charge in [0.1, 0.15) is 6.10 Å². The average molecular weight is 241 g/mol. The number of hydrogen-bond acceptors (Lipinski definition) is 3. The SMILES string of the molecule is Cc1cnc(Cl)nc1OC1CCCC(C)C1. The molecule has 0 aliphatic heterocycles. The van der Waals surface area contributed by atoms with Gasteiger partial charge < -0.3 is 4.74 Å². The van der Waals surface area contributed by atoms with Crippen LogP contribution in [-0.4, -0.2) is 16.1 Å². The van der Waals surface area contributed by atoms with Crippen molar-refractivity contribution in [1.29, 1.82) is 0 Å². The molecule has 2 rings (SSSR count). The molecule has 0 spiro atoms. The lowest BCUT2D eigenvalue weighted by Gasteiger charge is -2.27. The lowest BCUT2D eigenvalue weighted by atomic mass is 9.89. The molecule has 1 heterocycles. The molecule has 2 atom stereocenters. The van der Waals surface area contributed by atoms with Crippen LogP contribution in [0.4, 0.5) is 0 Å². The minimum atomic E-state index is 0.254. The number of aryl methyl sites for hydroxylation is 1. The largest absolute Gasteiger partial charge is 0.474 e. The summed E-state index contributed by atoms with van der Waals surface area (Å²) in [5.74, 6) is 1.38. The van der Waals surface area contributed by atoms with Crippen LogP contribution in [0.2, 0.25) is 5.28 Å². The number of ether oxygens (including phenoxy) is 1. The first-order chi connectivity index (χ1) is 7.65. The molecular weight excluding hydrogens is 224 g/mol. The first-order valence-corrected chi connectivity index (χ1v) is 6.18. The number of nitrogens with zero attached hydrogens (tertiary/aromatic N) is 2. The second-order valence-electron chi connectivity index (χ2n) is 4.64. The van der Waals surface area contributed by atoms with Crippen LogP contribution in [0.5, 0.6) is 5.88 Å². The third kappa shape index (κ3) is 2.85. The summed E-state index contributed by atoms with van der Waals surface area (Å²) in [4.78, 5) is 8.05. The standard InChI is InChI=1S/C12H17ClN2O/c1-8-4-3-5-10(6-8)16-11-9(2)7-14-12(13)15-11/h7-8,10H,3-6H2,1-2H3. The highest BCUT2D eigenvalue weighted by atomic mass is 35.5. The number of hydrogen-bond donors (Lipinski definition) is 0. The quantitative estimate of drug-likeness (QED) is 0.744. The summed E-state index contributed by atoms with van der Waals surface area (Å²) in [5.41, 5.74) is 0.947. The molecule has 0 bridgehead atoms. The van der Waals surface area contributed by atoms with Crippen LogP contribution in [0.15, 0.2) is 6.20 Å². The highest BCUT2D eigenvalue weighted by molar-refractivity contribution is 6.28. The van der Waals surface area contributed by atoms with Crippen molar-refractivity contribution in [2.45, 2.75) is 45.6 Å². The van der Waals surface area contributed by atoms with Gasteiger partial charge >= 0.3 is 0 Å². The molecule has 1 fully saturated rings. The van der Waals surface area contributed by atoms with Gasteiger partial charge in [0.05, 0.1) is 0 Å². The van der Waals surface area contributed by atoms with Crippen LogP contribution in [0.1, 0.15) is 38.2 Å². The van der Waals surface area contributed by atoms with Crippen molar-refractivity contribution < 1.29 is 4.74 Å². The Morgan fingerprint density at radius 3 is 3.00 bits per heavy atom. The minimum Gasteiger partial charge on any atom is -0.474 e. The van der Waals surface area contributed by atoms with E-state index in [9.17, 15) is 0 Å². The van der Waals surface area contributed by atoms with Crippen LogP contribution in [0, 0.1) is 12.8 Å². The average Bonchev–Trinajstić information content (AvgIpc) is 2.24. The first-order valence-electron chi connectivity index (χ1n) is 5.81. The monoisotopic (exact) mass is 240 g/mol. The van der Waals surface area contributed by atoms with E-state index in [1.165, 1.54) is 12.8 Å². The van der Waals surface area contributed by atoms with Gasteiger partial charge in [-0.05, 0) is 43.7 Å². The zero-order valence-corrected chi connectivity index (χ0v) is 10.5. The molecule has 16 heavy (non-hydrogen) atoms. The fourth-order valence-electron chi connectivity index (χ4n) is 2.17. The number of aromatic nitrogens is 2. The predicted octanol–water partition coefficient (Wildman–Crippen LogP) is 3.40. The maximum absolute atomic E-state index is 5.90. The Kier molecular flexibility index (Phi) is 3.64. The Labute approximate surface area is 101 Å². The van der Waals surface area contributed by atoms with Crippen LogP contribution >= 0.6 is 11.6 Å². The van der Waals surface area contributed by atoms with Gasteiger partial charge in [-0.3, -0.25) is 0 Å². The third-order valence-electron chi connectivity index (χ3n) is 3.06. The van der Waals surface area contributed by atoms with Gasteiger partial charge in [-0.1, -0.05) is 13.3 Å². The summed E-state index contributed by atoms with van der Waals surface area (Å²) in [7, 11) is 0. The summed E-state index contributed by atoms with van der Waals surface area (Å²) in [6, 6.07) is 0. The van der Waals surface area contributed by atoms with Gasteiger partial charge in [-0.2, -0.15) is 4.98 Å². The Hall–Kier alpha value is -0.830. The van der Waals surface area contributed by atoms with E-state index in [-0.39, 0.29) is 11.4 Å². The third-order valence-corrected chi connectivity index (χ3v) is 3.24. The van der Waals surface area contributed by atoms with E-state index >= 15 is 0 Å². The summed E-state index contributed by atoms with van der Waals surface area (Å²) in [6.07, 6.45) is 6.77. The smallest absolute Gasteiger partial charge is 0.225 e. The highest BCUT2D eigenvalue weighted by Crippen LogP contribution is 2.27. The molecule has 1 saturated carbocycles. The van der Waals surface area contributed by atoms with Crippen molar-refractivity contribution >= 4 is 11.6 Å². The van der Waals surface area contributed by atoms with Gasteiger partial charge in [-0.15, -0.1) is 0 Å². The van der Waals surface area contributed by atoms with Crippen LogP contribution < -0.4 is 4.74 Å². The topological polar surface area (TPSA) is 35.0 Å². The Bertz CT molecular complexity index is 370. The molecule has 1 aromatic heterocycles. The van der Waals surface area contributed by atoms with Crippen LogP contribution in [0.25, 0.3) is 0 Å². The van der Waals surface area contributed by atoms with Crippen molar-refractivity contribution in [3.05, 3.63) is 17.0 Å². The highest BCUT2D eigenvalue weighted by Gasteiger charge is 2.21. The number of rotatable bonds is 2. The molecule has 0 aromatic carbocycles. The zero-order valence-electron chi connectivity index (χ0n) is 9.74. The van der Waals surface area contributed by atoms with E-state index in [0.717, 1.165) is 24.3 Å². The van der Waals surface area contributed by atoms with Crippen molar-refractivity contribution in [3.63, 3.8) is 0 Å². The maximum atomic E-state index is 5.90. The fourth-order valence-corrected chi connectivity index (χ4v) is 2.29. The lowest BCUT2D eigenvalue weighted by molar-refractivity contribution is 0.123. The minimum absolute atomic E-state index is 0.254. The molecule has 0 N–H and O–H groups in total. The van der Waals surface area contributed by atoms with E-state index in [1.54, 1.807) is 6.20 Å². The van der Waals surface area contributed by atoms with Gasteiger partial charge in [0, 0.05) is 11.8 Å². The molecule has 1 aromatic rings. The van der Waals surface area contributed by atoms with Gasteiger partial charge in [0.15, 0.2) is 0 Å². The van der Waals surface area contributed by atoms with E-state index in [4.69, 9.17) is 16.3 Å². The normalized spacial score (nSPS) is 25.4. The second-order valence-corrected chi connectivity index (χ2v) is 4.98. The molecule has 88 valence electrons. The molecule has 3 nitrogen and oxygen atoms in total. The van der Waals surface area contributed by atoms with E-state index < -0.39 is 0 Å². The van der Waals surface area contributed by atoms with E-state index in [0.29, 0.717) is 5.88 Å². The summed E-state index contributed by atoms with van der Waals surface area (Å²) in [5, 5.41) is 0.254. The van der Waals surface area contributed by atoms with E-state index in [1.807, 2.05) is 6.92 Å². The first kappa shape index (κ1) is 11.6. The fraction of sp³-hybridized carbons (Fsp3) is 0.667. The van der Waals surface area contributed by atoms with Gasteiger partial charge in [0.2, 0.25) is 11.2 Å². The Morgan fingerprint density at radius 2 is 2.25 bits per heavy atom. The molecule has 4 heteroatoms. The van der Waals surface area contributed by atoms with Crippen LogP contribution in [0.3, 0.4) is 0 Å². The number of halogens is 1. The maximum Gasteiger partial charge on any atom is 0.225 e.